The fourth-order valence-corrected chi connectivity index (χ4v) is 4.23. The van der Waals surface area contributed by atoms with Crippen molar-refractivity contribution in [1.82, 2.24) is 14.8 Å². The molecule has 1 fully saturated rings. The maximum atomic E-state index is 13.4. The monoisotopic (exact) mass is 375 g/mol. The Morgan fingerprint density at radius 3 is 2.77 bits per heavy atom. The predicted octanol–water partition coefficient (Wildman–Crippen LogP) is 3.82. The Morgan fingerprint density at radius 2 is 2.12 bits per heavy atom. The zero-order chi connectivity index (χ0) is 18.7. The van der Waals surface area contributed by atoms with Crippen molar-refractivity contribution in [3.8, 4) is 10.6 Å². The highest BCUT2D eigenvalue weighted by Gasteiger charge is 2.26. The molecule has 1 aliphatic heterocycles. The van der Waals surface area contributed by atoms with E-state index in [0.29, 0.717) is 18.5 Å². The van der Waals surface area contributed by atoms with Crippen molar-refractivity contribution in [1.29, 1.82) is 0 Å². The molecule has 2 aromatic rings. The third-order valence-electron chi connectivity index (χ3n) is 5.13. The van der Waals surface area contributed by atoms with Crippen molar-refractivity contribution < 1.29 is 9.18 Å². The summed E-state index contributed by atoms with van der Waals surface area (Å²) in [6.45, 7) is 6.52. The summed E-state index contributed by atoms with van der Waals surface area (Å²) in [6.07, 6.45) is 2.34. The molecule has 1 saturated heterocycles. The van der Waals surface area contributed by atoms with Gasteiger partial charge in [-0.3, -0.25) is 4.79 Å². The Kier molecular flexibility index (Phi) is 6.04. The molecule has 1 aromatic heterocycles. The van der Waals surface area contributed by atoms with Crippen LogP contribution in [0.4, 0.5) is 4.39 Å². The summed E-state index contributed by atoms with van der Waals surface area (Å²) in [7, 11) is 1.90. The van der Waals surface area contributed by atoms with E-state index in [1.807, 2.05) is 23.4 Å². The standard InChI is InChI=1S/C20H26FN3OS/c1-14(2)24-9-7-18(8-10-24)23(3)19(25)12-17-13-26-20(22-17)15-5-4-6-16(21)11-15/h4-6,11,13-14,18H,7-10,12H2,1-3H3. The first-order valence-corrected chi connectivity index (χ1v) is 10.0. The predicted molar refractivity (Wildman–Crippen MR) is 104 cm³/mol. The van der Waals surface area contributed by atoms with Crippen molar-refractivity contribution >= 4 is 17.2 Å². The number of hydrogen-bond acceptors (Lipinski definition) is 4. The van der Waals surface area contributed by atoms with Crippen LogP contribution in [-0.4, -0.2) is 52.9 Å². The summed E-state index contributed by atoms with van der Waals surface area (Å²) in [4.78, 5) is 21.5. The highest BCUT2D eigenvalue weighted by atomic mass is 32.1. The SMILES string of the molecule is CC(C)N1CCC(N(C)C(=O)Cc2csc(-c3cccc(F)c3)n2)CC1. The second-order valence-electron chi connectivity index (χ2n) is 7.20. The average molecular weight is 376 g/mol. The van der Waals surface area contributed by atoms with Crippen molar-refractivity contribution in [2.24, 2.45) is 0 Å². The van der Waals surface area contributed by atoms with Gasteiger partial charge in [0.25, 0.3) is 0 Å². The molecule has 0 atom stereocenters. The number of nitrogens with zero attached hydrogens (tertiary/aromatic N) is 3. The molecule has 0 N–H and O–H groups in total. The van der Waals surface area contributed by atoms with Crippen LogP contribution in [-0.2, 0) is 11.2 Å². The highest BCUT2D eigenvalue weighted by molar-refractivity contribution is 7.13. The van der Waals surface area contributed by atoms with Gasteiger partial charge in [0.1, 0.15) is 10.8 Å². The third kappa shape index (κ3) is 4.48. The van der Waals surface area contributed by atoms with E-state index < -0.39 is 0 Å². The number of rotatable bonds is 5. The maximum absolute atomic E-state index is 13.4. The van der Waals surface area contributed by atoms with Crippen molar-refractivity contribution in [3.63, 3.8) is 0 Å². The van der Waals surface area contributed by atoms with Crippen LogP contribution >= 0.6 is 11.3 Å². The number of piperidine rings is 1. The number of hydrogen-bond donors (Lipinski definition) is 0. The molecular formula is C20H26FN3OS. The minimum absolute atomic E-state index is 0.101. The van der Waals surface area contributed by atoms with Gasteiger partial charge in [-0.1, -0.05) is 12.1 Å². The molecule has 1 aromatic carbocycles. The van der Waals surface area contributed by atoms with Gasteiger partial charge in [0.15, 0.2) is 0 Å². The van der Waals surface area contributed by atoms with Crippen LogP contribution in [0.15, 0.2) is 29.6 Å². The van der Waals surface area contributed by atoms with E-state index in [-0.39, 0.29) is 11.7 Å². The van der Waals surface area contributed by atoms with Gasteiger partial charge in [0, 0.05) is 43.2 Å². The average Bonchev–Trinajstić information content (AvgIpc) is 3.09. The highest BCUT2D eigenvalue weighted by Crippen LogP contribution is 2.25. The summed E-state index contributed by atoms with van der Waals surface area (Å²) in [6, 6.07) is 7.27. The van der Waals surface area contributed by atoms with Gasteiger partial charge in [0.05, 0.1) is 12.1 Å². The van der Waals surface area contributed by atoms with Crippen LogP contribution in [0.2, 0.25) is 0 Å². The van der Waals surface area contributed by atoms with E-state index in [0.717, 1.165) is 42.2 Å². The summed E-state index contributed by atoms with van der Waals surface area (Å²) < 4.78 is 13.4. The minimum Gasteiger partial charge on any atom is -0.342 e. The second-order valence-corrected chi connectivity index (χ2v) is 8.05. The fourth-order valence-electron chi connectivity index (χ4n) is 3.42. The van der Waals surface area contributed by atoms with Crippen LogP contribution in [0.1, 0.15) is 32.4 Å². The Morgan fingerprint density at radius 1 is 1.38 bits per heavy atom. The first-order valence-electron chi connectivity index (χ1n) is 9.14. The number of carbonyl (C=O) groups is 1. The molecule has 1 amide bonds. The van der Waals surface area contributed by atoms with E-state index >= 15 is 0 Å². The number of benzene rings is 1. The van der Waals surface area contributed by atoms with Crippen LogP contribution in [0.25, 0.3) is 10.6 Å². The quantitative estimate of drug-likeness (QED) is 0.797. The molecule has 0 saturated carbocycles. The van der Waals surface area contributed by atoms with E-state index in [2.05, 4.69) is 23.7 Å². The number of thiazole rings is 1. The lowest BCUT2D eigenvalue weighted by molar-refractivity contribution is -0.132. The Bertz CT molecular complexity index is 753. The molecule has 6 heteroatoms. The number of halogens is 1. The molecule has 1 aliphatic rings. The van der Waals surface area contributed by atoms with Gasteiger partial charge in [-0.05, 0) is 38.8 Å². The minimum atomic E-state index is -0.275. The molecule has 0 spiro atoms. The van der Waals surface area contributed by atoms with Crippen LogP contribution in [0.3, 0.4) is 0 Å². The maximum Gasteiger partial charge on any atom is 0.228 e. The van der Waals surface area contributed by atoms with Gasteiger partial charge < -0.3 is 9.80 Å². The Labute approximate surface area is 158 Å². The van der Waals surface area contributed by atoms with Crippen molar-refractivity contribution in [3.05, 3.63) is 41.2 Å². The van der Waals surface area contributed by atoms with Crippen LogP contribution < -0.4 is 0 Å². The molecule has 3 rings (SSSR count). The summed E-state index contributed by atoms with van der Waals surface area (Å²) in [5.74, 6) is -0.174. The lowest BCUT2D eigenvalue weighted by atomic mass is 10.0. The topological polar surface area (TPSA) is 36.4 Å². The number of amides is 1. The normalized spacial score (nSPS) is 16.2. The second kappa shape index (κ2) is 8.27. The zero-order valence-corrected chi connectivity index (χ0v) is 16.4. The van der Waals surface area contributed by atoms with E-state index in [1.54, 1.807) is 6.07 Å². The third-order valence-corrected chi connectivity index (χ3v) is 6.07. The smallest absolute Gasteiger partial charge is 0.228 e. The van der Waals surface area contributed by atoms with Gasteiger partial charge in [-0.15, -0.1) is 11.3 Å². The molecular weight excluding hydrogens is 349 g/mol. The molecule has 2 heterocycles. The van der Waals surface area contributed by atoms with Crippen LogP contribution in [0.5, 0.6) is 0 Å². The van der Waals surface area contributed by atoms with E-state index in [9.17, 15) is 9.18 Å². The molecule has 0 radical (unpaired) electrons. The van der Waals surface area contributed by atoms with Gasteiger partial charge in [-0.2, -0.15) is 0 Å². The van der Waals surface area contributed by atoms with E-state index in [4.69, 9.17) is 0 Å². The van der Waals surface area contributed by atoms with Gasteiger partial charge in [0.2, 0.25) is 5.91 Å². The number of likely N-dealkylation sites (N-methyl/N-ethyl adjacent to an activating group) is 1. The fraction of sp³-hybridized carbons (Fsp3) is 0.500. The summed E-state index contributed by atoms with van der Waals surface area (Å²) in [5.41, 5.74) is 1.51. The zero-order valence-electron chi connectivity index (χ0n) is 15.6. The molecule has 140 valence electrons. The van der Waals surface area contributed by atoms with Gasteiger partial charge in [-0.25, -0.2) is 9.37 Å². The molecule has 0 bridgehead atoms. The molecule has 26 heavy (non-hydrogen) atoms. The number of carbonyl (C=O) groups excluding carboxylic acids is 1. The van der Waals surface area contributed by atoms with Crippen LogP contribution in [0, 0.1) is 5.82 Å². The largest absolute Gasteiger partial charge is 0.342 e. The lowest BCUT2D eigenvalue weighted by Gasteiger charge is -2.38. The summed E-state index contributed by atoms with van der Waals surface area (Å²) >= 11 is 1.45. The molecule has 0 aliphatic carbocycles. The Hall–Kier alpha value is -1.79. The summed E-state index contributed by atoms with van der Waals surface area (Å²) in [5, 5.41) is 2.65. The molecule has 4 nitrogen and oxygen atoms in total. The van der Waals surface area contributed by atoms with E-state index in [1.165, 1.54) is 23.5 Å². The van der Waals surface area contributed by atoms with Crippen molar-refractivity contribution in [2.45, 2.75) is 45.2 Å². The molecule has 0 unspecified atom stereocenters. The number of likely N-dealkylation sites (tertiary alicyclic amines) is 1. The first-order chi connectivity index (χ1) is 12.4. The lowest BCUT2D eigenvalue weighted by Crippen LogP contribution is -2.47. The van der Waals surface area contributed by atoms with Gasteiger partial charge >= 0.3 is 0 Å². The first kappa shape index (κ1) is 19.0. The number of aromatic nitrogens is 1. The van der Waals surface area contributed by atoms with Crippen molar-refractivity contribution in [2.75, 3.05) is 20.1 Å². The Balaban J connectivity index is 1.58.